The number of carbonyl (C=O) groups excluding carboxylic acids is 1. The van der Waals surface area contributed by atoms with Gasteiger partial charge in [0.25, 0.3) is 5.91 Å². The van der Waals surface area contributed by atoms with Crippen LogP contribution < -0.4 is 9.64 Å². The molecule has 0 spiro atoms. The third-order valence-corrected chi connectivity index (χ3v) is 6.25. The Kier molecular flexibility index (Phi) is 6.67. The summed E-state index contributed by atoms with van der Waals surface area (Å²) in [5.41, 5.74) is 2.25. The van der Waals surface area contributed by atoms with Crippen molar-refractivity contribution in [2.75, 3.05) is 32.8 Å². The zero-order valence-electron chi connectivity index (χ0n) is 16.9. The molecule has 5 nitrogen and oxygen atoms in total. The number of hydrogen-bond acceptors (Lipinski definition) is 4. The average molecular weight is 421 g/mol. The second kappa shape index (κ2) is 9.78. The maximum atomic E-state index is 12.5. The van der Waals surface area contributed by atoms with E-state index in [0.717, 1.165) is 49.2 Å². The lowest BCUT2D eigenvalue weighted by atomic mass is 10.2. The van der Waals surface area contributed by atoms with Crippen molar-refractivity contribution in [3.05, 3.63) is 83.3 Å². The van der Waals surface area contributed by atoms with Crippen LogP contribution in [0.3, 0.4) is 0 Å². The molecule has 0 bridgehead atoms. The van der Waals surface area contributed by atoms with Crippen molar-refractivity contribution >= 4 is 28.9 Å². The van der Waals surface area contributed by atoms with Gasteiger partial charge in [0.1, 0.15) is 18.9 Å². The molecule has 0 radical (unpaired) electrons. The number of amidine groups is 1. The number of amides is 1. The minimum Gasteiger partial charge on any atom is -0.489 e. The van der Waals surface area contributed by atoms with Crippen molar-refractivity contribution in [2.24, 2.45) is 4.99 Å². The summed E-state index contributed by atoms with van der Waals surface area (Å²) >= 11 is 1.46. The van der Waals surface area contributed by atoms with Crippen LogP contribution in [-0.4, -0.2) is 48.8 Å². The Morgan fingerprint density at radius 1 is 1.10 bits per heavy atom. The van der Waals surface area contributed by atoms with Crippen LogP contribution in [0.15, 0.2) is 77.1 Å². The average Bonchev–Trinajstić information content (AvgIpc) is 3.14. The number of carbonyl (C=O) groups is 1. The molecular weight excluding hydrogens is 394 g/mol. The summed E-state index contributed by atoms with van der Waals surface area (Å²) < 4.78 is 5.70. The number of ether oxygens (including phenoxy) is 1. The molecule has 2 aromatic carbocycles. The molecular formula is C24H26N3O2S+. The van der Waals surface area contributed by atoms with Gasteiger partial charge in [0.15, 0.2) is 5.17 Å². The molecule has 0 saturated carbocycles. The maximum Gasteiger partial charge on any atom is 0.286 e. The number of benzene rings is 2. The molecule has 1 N–H and O–H groups in total. The Morgan fingerprint density at radius 2 is 1.83 bits per heavy atom. The quantitative estimate of drug-likeness (QED) is 0.577. The van der Waals surface area contributed by atoms with Gasteiger partial charge in [-0.2, -0.15) is 4.99 Å². The highest BCUT2D eigenvalue weighted by atomic mass is 32.2. The maximum absolute atomic E-state index is 12.5. The number of quaternary nitrogens is 1. The second-order valence-corrected chi connectivity index (χ2v) is 8.36. The Bertz CT molecular complexity index is 963. The largest absolute Gasteiger partial charge is 0.489 e. The Morgan fingerprint density at radius 3 is 2.60 bits per heavy atom. The summed E-state index contributed by atoms with van der Waals surface area (Å²) in [7, 11) is 0. The summed E-state index contributed by atoms with van der Waals surface area (Å²) in [6.07, 6.45) is 3.58. The van der Waals surface area contributed by atoms with E-state index < -0.39 is 0 Å². The fourth-order valence-corrected chi connectivity index (χ4v) is 4.59. The van der Waals surface area contributed by atoms with Gasteiger partial charge in [0, 0.05) is 11.1 Å². The van der Waals surface area contributed by atoms with E-state index in [1.807, 2.05) is 30.3 Å². The predicted molar refractivity (Wildman–Crippen MR) is 123 cm³/mol. The number of nitrogens with zero attached hydrogens (tertiary/aromatic N) is 2. The lowest BCUT2D eigenvalue weighted by Crippen LogP contribution is -3.13. The summed E-state index contributed by atoms with van der Waals surface area (Å²) in [5, 5.41) is 0.814. The van der Waals surface area contributed by atoms with Gasteiger partial charge in [-0.1, -0.05) is 61.2 Å². The molecule has 2 aromatic rings. The molecule has 2 aliphatic rings. The highest BCUT2D eigenvalue weighted by Gasteiger charge is 2.29. The van der Waals surface area contributed by atoms with Crippen LogP contribution in [0.2, 0.25) is 0 Å². The molecule has 1 saturated heterocycles. The van der Waals surface area contributed by atoms with Gasteiger partial charge in [-0.25, -0.2) is 0 Å². The fourth-order valence-electron chi connectivity index (χ4n) is 3.63. The summed E-state index contributed by atoms with van der Waals surface area (Å²) in [6.45, 7) is 9.06. The number of piperazine rings is 1. The predicted octanol–water partition coefficient (Wildman–Crippen LogP) is 2.62. The lowest BCUT2D eigenvalue weighted by Gasteiger charge is -2.32. The first-order chi connectivity index (χ1) is 14.7. The van der Waals surface area contributed by atoms with Crippen molar-refractivity contribution in [1.29, 1.82) is 0 Å². The minimum absolute atomic E-state index is 0.174. The third kappa shape index (κ3) is 5.01. The van der Waals surface area contributed by atoms with Crippen molar-refractivity contribution in [3.63, 3.8) is 0 Å². The van der Waals surface area contributed by atoms with E-state index in [9.17, 15) is 4.79 Å². The first kappa shape index (κ1) is 20.4. The number of nitrogens with one attached hydrogen (secondary N) is 1. The van der Waals surface area contributed by atoms with Gasteiger partial charge in [-0.05, 0) is 23.9 Å². The van der Waals surface area contributed by atoms with Gasteiger partial charge in [0.05, 0.1) is 31.1 Å². The van der Waals surface area contributed by atoms with Crippen LogP contribution in [0.25, 0.3) is 6.08 Å². The van der Waals surface area contributed by atoms with Crippen LogP contribution in [0, 0.1) is 0 Å². The lowest BCUT2D eigenvalue weighted by molar-refractivity contribution is -0.917. The van der Waals surface area contributed by atoms with Crippen molar-refractivity contribution in [2.45, 2.75) is 6.54 Å². The number of hydrogen-bond donors (Lipinski definition) is 1. The van der Waals surface area contributed by atoms with Crippen LogP contribution in [-0.2, 0) is 11.3 Å². The van der Waals surface area contributed by atoms with E-state index in [0.29, 0.717) is 11.5 Å². The zero-order valence-corrected chi connectivity index (χ0v) is 17.7. The van der Waals surface area contributed by atoms with Crippen molar-refractivity contribution < 1.29 is 14.4 Å². The zero-order chi connectivity index (χ0) is 20.8. The fraction of sp³-hybridized carbons (Fsp3) is 0.250. The molecule has 6 heteroatoms. The summed E-state index contributed by atoms with van der Waals surface area (Å²) in [6, 6.07) is 18.3. The first-order valence-electron chi connectivity index (χ1n) is 10.2. The summed E-state index contributed by atoms with van der Waals surface area (Å²) in [4.78, 5) is 21.3. The SMILES string of the molecule is C=CCOc1ccccc1/C=C1/SC(N2CC[NH+](Cc3ccccc3)CC2)=NC1=O. The van der Waals surface area contributed by atoms with E-state index in [2.05, 4.69) is 46.8 Å². The molecule has 30 heavy (non-hydrogen) atoms. The summed E-state index contributed by atoms with van der Waals surface area (Å²) in [5.74, 6) is 0.567. The van der Waals surface area contributed by atoms with E-state index in [1.165, 1.54) is 17.3 Å². The Hall–Kier alpha value is -2.83. The standard InChI is InChI=1S/C24H25N3O2S/c1-2-16-29-21-11-7-6-10-20(21)17-22-23(28)25-24(30-22)27-14-12-26(13-15-27)18-19-8-4-3-5-9-19/h2-11,17H,1,12-16,18H2/p+1/b22-17+. The van der Waals surface area contributed by atoms with Crippen LogP contribution in [0.1, 0.15) is 11.1 Å². The third-order valence-electron chi connectivity index (χ3n) is 5.21. The molecule has 2 heterocycles. The van der Waals surface area contributed by atoms with Gasteiger partial charge >= 0.3 is 0 Å². The minimum atomic E-state index is -0.174. The molecule has 0 aliphatic carbocycles. The van der Waals surface area contributed by atoms with E-state index in [4.69, 9.17) is 4.74 Å². The van der Waals surface area contributed by atoms with Crippen LogP contribution >= 0.6 is 11.8 Å². The first-order valence-corrected chi connectivity index (χ1v) is 11.0. The molecule has 0 atom stereocenters. The molecule has 1 amide bonds. The number of rotatable bonds is 6. The monoisotopic (exact) mass is 420 g/mol. The number of thioether (sulfide) groups is 1. The van der Waals surface area contributed by atoms with E-state index in [1.54, 1.807) is 11.0 Å². The molecule has 2 aliphatic heterocycles. The van der Waals surface area contributed by atoms with Gasteiger partial charge in [-0.3, -0.25) is 4.79 Å². The van der Waals surface area contributed by atoms with Gasteiger partial charge in [-0.15, -0.1) is 0 Å². The molecule has 0 aromatic heterocycles. The normalized spacial score (nSPS) is 18.5. The van der Waals surface area contributed by atoms with Crippen LogP contribution in [0.5, 0.6) is 5.75 Å². The Balaban J connectivity index is 1.37. The van der Waals surface area contributed by atoms with Gasteiger partial charge in [0.2, 0.25) is 0 Å². The Labute approximate surface area is 181 Å². The highest BCUT2D eigenvalue weighted by molar-refractivity contribution is 8.18. The van der Waals surface area contributed by atoms with Gasteiger partial charge < -0.3 is 14.5 Å². The van der Waals surface area contributed by atoms with E-state index in [-0.39, 0.29) is 5.91 Å². The molecule has 0 unspecified atom stereocenters. The molecule has 1 fully saturated rings. The smallest absolute Gasteiger partial charge is 0.286 e. The number of aliphatic imine (C=N–C) groups is 1. The topological polar surface area (TPSA) is 46.3 Å². The second-order valence-electron chi connectivity index (χ2n) is 7.35. The van der Waals surface area contributed by atoms with Crippen molar-refractivity contribution in [1.82, 2.24) is 4.90 Å². The molecule has 154 valence electrons. The van der Waals surface area contributed by atoms with Crippen molar-refractivity contribution in [3.8, 4) is 5.75 Å². The van der Waals surface area contributed by atoms with Crippen LogP contribution in [0.4, 0.5) is 0 Å². The van der Waals surface area contributed by atoms with E-state index >= 15 is 0 Å². The highest BCUT2D eigenvalue weighted by Crippen LogP contribution is 2.32. The number of para-hydroxylation sites is 1. The molecule has 4 rings (SSSR count).